The van der Waals surface area contributed by atoms with Crippen LogP contribution in [0.4, 0.5) is 0 Å². The van der Waals surface area contributed by atoms with Gasteiger partial charge in [-0.2, -0.15) is 5.10 Å². The van der Waals surface area contributed by atoms with E-state index in [-0.39, 0.29) is 12.1 Å². The molecule has 1 rings (SSSR count). The minimum absolute atomic E-state index is 0.00248. The van der Waals surface area contributed by atoms with Gasteiger partial charge < -0.3 is 5.11 Å². The van der Waals surface area contributed by atoms with Crippen LogP contribution in [0.3, 0.4) is 0 Å². The van der Waals surface area contributed by atoms with Gasteiger partial charge in [-0.05, 0) is 27.7 Å². The van der Waals surface area contributed by atoms with E-state index in [2.05, 4.69) is 25.9 Å². The lowest BCUT2D eigenvalue weighted by molar-refractivity contribution is 0.279. The lowest BCUT2D eigenvalue weighted by Gasteiger charge is -2.21. The maximum atomic E-state index is 8.94. The summed E-state index contributed by atoms with van der Waals surface area (Å²) in [6.45, 7) is 8.32. The molecule has 0 radical (unpaired) electrons. The second-order valence-electron chi connectivity index (χ2n) is 4.00. The Morgan fingerprint density at radius 1 is 1.50 bits per heavy atom. The van der Waals surface area contributed by atoms with E-state index in [9.17, 15) is 0 Å². The zero-order chi connectivity index (χ0) is 9.35. The van der Waals surface area contributed by atoms with Crippen LogP contribution in [0.15, 0.2) is 6.20 Å². The van der Waals surface area contributed by atoms with Crippen LogP contribution in [0.5, 0.6) is 0 Å². The highest BCUT2D eigenvalue weighted by atomic mass is 16.3. The van der Waals surface area contributed by atoms with Gasteiger partial charge in [0.2, 0.25) is 0 Å². The summed E-state index contributed by atoms with van der Waals surface area (Å²) in [5, 5.41) is 13.2. The third-order valence-electron chi connectivity index (χ3n) is 1.92. The highest BCUT2D eigenvalue weighted by molar-refractivity contribution is 5.15. The van der Waals surface area contributed by atoms with E-state index in [0.717, 1.165) is 11.3 Å². The van der Waals surface area contributed by atoms with Gasteiger partial charge in [0, 0.05) is 11.3 Å². The highest BCUT2D eigenvalue weighted by Gasteiger charge is 2.17. The van der Waals surface area contributed by atoms with Crippen molar-refractivity contribution in [3.05, 3.63) is 17.5 Å². The van der Waals surface area contributed by atoms with Gasteiger partial charge in [0.15, 0.2) is 0 Å². The fourth-order valence-electron chi connectivity index (χ4n) is 1.28. The minimum Gasteiger partial charge on any atom is -0.392 e. The Morgan fingerprint density at radius 3 is 2.33 bits per heavy atom. The molecular weight excluding hydrogens is 152 g/mol. The first-order chi connectivity index (χ1) is 5.46. The summed E-state index contributed by atoms with van der Waals surface area (Å²) in [4.78, 5) is 0. The topological polar surface area (TPSA) is 38.1 Å². The third kappa shape index (κ3) is 1.50. The fraction of sp³-hybridized carbons (Fsp3) is 0.667. The van der Waals surface area contributed by atoms with E-state index in [1.165, 1.54) is 0 Å². The first-order valence-corrected chi connectivity index (χ1v) is 4.11. The fourth-order valence-corrected chi connectivity index (χ4v) is 1.28. The van der Waals surface area contributed by atoms with E-state index in [4.69, 9.17) is 5.11 Å². The molecule has 0 aromatic carbocycles. The molecule has 0 bridgehead atoms. The minimum atomic E-state index is -0.00248. The van der Waals surface area contributed by atoms with Crippen LogP contribution < -0.4 is 0 Å². The zero-order valence-electron chi connectivity index (χ0n) is 8.13. The van der Waals surface area contributed by atoms with Crippen LogP contribution in [0, 0.1) is 6.92 Å². The first kappa shape index (κ1) is 9.26. The van der Waals surface area contributed by atoms with Crippen LogP contribution in [0.2, 0.25) is 0 Å². The SMILES string of the molecule is Cc1c(CO)cnn1C(C)(C)C. The first-order valence-electron chi connectivity index (χ1n) is 4.11. The van der Waals surface area contributed by atoms with E-state index in [1.54, 1.807) is 6.20 Å². The average molecular weight is 168 g/mol. The maximum absolute atomic E-state index is 8.94. The van der Waals surface area contributed by atoms with Crippen molar-refractivity contribution in [1.29, 1.82) is 0 Å². The number of aliphatic hydroxyl groups excluding tert-OH is 1. The number of aromatic nitrogens is 2. The molecule has 0 spiro atoms. The van der Waals surface area contributed by atoms with Gasteiger partial charge in [-0.15, -0.1) is 0 Å². The Kier molecular flexibility index (Phi) is 2.24. The van der Waals surface area contributed by atoms with Crippen molar-refractivity contribution in [3.8, 4) is 0 Å². The van der Waals surface area contributed by atoms with Crippen LogP contribution >= 0.6 is 0 Å². The summed E-state index contributed by atoms with van der Waals surface area (Å²) in [5.41, 5.74) is 1.95. The van der Waals surface area contributed by atoms with Crippen molar-refractivity contribution in [2.75, 3.05) is 0 Å². The molecule has 0 atom stereocenters. The zero-order valence-corrected chi connectivity index (χ0v) is 8.13. The number of hydrogen-bond donors (Lipinski definition) is 1. The molecule has 68 valence electrons. The summed E-state index contributed by atoms with van der Waals surface area (Å²) < 4.78 is 1.93. The Hall–Kier alpha value is -0.830. The Bertz CT molecular complexity index is 271. The molecule has 12 heavy (non-hydrogen) atoms. The summed E-state index contributed by atoms with van der Waals surface area (Å²) >= 11 is 0. The van der Waals surface area contributed by atoms with Crippen molar-refractivity contribution < 1.29 is 5.11 Å². The van der Waals surface area contributed by atoms with E-state index in [1.807, 2.05) is 11.6 Å². The molecule has 1 heterocycles. The predicted molar refractivity (Wildman–Crippen MR) is 47.9 cm³/mol. The second-order valence-corrected chi connectivity index (χ2v) is 4.00. The van der Waals surface area contributed by atoms with Crippen LogP contribution in [-0.2, 0) is 12.1 Å². The van der Waals surface area contributed by atoms with Crippen LogP contribution in [0.25, 0.3) is 0 Å². The summed E-state index contributed by atoms with van der Waals surface area (Å²) in [5.74, 6) is 0. The number of rotatable bonds is 1. The molecule has 0 aliphatic heterocycles. The molecule has 1 aromatic heterocycles. The molecule has 0 unspecified atom stereocenters. The van der Waals surface area contributed by atoms with Gasteiger partial charge in [-0.3, -0.25) is 4.68 Å². The average Bonchev–Trinajstić information content (AvgIpc) is 2.29. The van der Waals surface area contributed by atoms with Crippen molar-refractivity contribution >= 4 is 0 Å². The Morgan fingerprint density at radius 2 is 2.08 bits per heavy atom. The molecule has 0 fully saturated rings. The molecule has 0 aliphatic rings. The van der Waals surface area contributed by atoms with Crippen molar-refractivity contribution in [1.82, 2.24) is 9.78 Å². The monoisotopic (exact) mass is 168 g/mol. The lowest BCUT2D eigenvalue weighted by atomic mass is 10.1. The van der Waals surface area contributed by atoms with Crippen molar-refractivity contribution in [3.63, 3.8) is 0 Å². The van der Waals surface area contributed by atoms with E-state index >= 15 is 0 Å². The summed E-state index contributed by atoms with van der Waals surface area (Å²) in [6.07, 6.45) is 1.72. The molecule has 1 N–H and O–H groups in total. The van der Waals surface area contributed by atoms with Crippen molar-refractivity contribution in [2.45, 2.75) is 39.8 Å². The lowest BCUT2D eigenvalue weighted by Crippen LogP contribution is -2.24. The molecule has 0 saturated carbocycles. The standard InChI is InChI=1S/C9H16N2O/c1-7-8(6-12)5-10-11(7)9(2,3)4/h5,12H,6H2,1-4H3. The molecule has 0 saturated heterocycles. The Balaban J connectivity index is 3.11. The molecule has 0 amide bonds. The van der Waals surface area contributed by atoms with Gasteiger partial charge in [0.05, 0.1) is 18.3 Å². The molecule has 3 nitrogen and oxygen atoms in total. The number of nitrogens with zero attached hydrogens (tertiary/aromatic N) is 2. The Labute approximate surface area is 73.0 Å². The molecule has 1 aromatic rings. The largest absolute Gasteiger partial charge is 0.392 e. The summed E-state index contributed by atoms with van der Waals surface area (Å²) in [6, 6.07) is 0. The molecule has 3 heteroatoms. The van der Waals surface area contributed by atoms with Gasteiger partial charge in [-0.1, -0.05) is 0 Å². The van der Waals surface area contributed by atoms with Crippen molar-refractivity contribution in [2.24, 2.45) is 0 Å². The third-order valence-corrected chi connectivity index (χ3v) is 1.92. The number of aliphatic hydroxyl groups is 1. The molecule has 0 aliphatic carbocycles. The van der Waals surface area contributed by atoms with E-state index in [0.29, 0.717) is 0 Å². The van der Waals surface area contributed by atoms with E-state index < -0.39 is 0 Å². The van der Waals surface area contributed by atoms with Gasteiger partial charge >= 0.3 is 0 Å². The second kappa shape index (κ2) is 2.90. The van der Waals surface area contributed by atoms with Gasteiger partial charge in [0.1, 0.15) is 0 Å². The predicted octanol–water partition coefficient (Wildman–Crippen LogP) is 1.44. The molecular formula is C9H16N2O. The maximum Gasteiger partial charge on any atom is 0.0715 e. The normalized spacial score (nSPS) is 12.1. The van der Waals surface area contributed by atoms with Crippen LogP contribution in [-0.4, -0.2) is 14.9 Å². The van der Waals surface area contributed by atoms with Crippen LogP contribution in [0.1, 0.15) is 32.0 Å². The quantitative estimate of drug-likeness (QED) is 0.689. The van der Waals surface area contributed by atoms with Gasteiger partial charge in [0.25, 0.3) is 0 Å². The smallest absolute Gasteiger partial charge is 0.0715 e. The van der Waals surface area contributed by atoms with Gasteiger partial charge in [-0.25, -0.2) is 0 Å². The number of hydrogen-bond acceptors (Lipinski definition) is 2. The highest BCUT2D eigenvalue weighted by Crippen LogP contribution is 2.17. The summed E-state index contributed by atoms with van der Waals surface area (Å²) in [7, 11) is 0.